The lowest BCUT2D eigenvalue weighted by Gasteiger charge is -2.03. The van der Waals surface area contributed by atoms with Gasteiger partial charge in [0.25, 0.3) is 11.2 Å². The summed E-state index contributed by atoms with van der Waals surface area (Å²) in [5.41, 5.74) is 4.40. The number of amides is 1. The number of nitrogens with two attached hydrogens (primary N) is 1. The summed E-state index contributed by atoms with van der Waals surface area (Å²) in [6.07, 6.45) is 1.00. The van der Waals surface area contributed by atoms with Gasteiger partial charge in [-0.1, -0.05) is 0 Å². The van der Waals surface area contributed by atoms with E-state index in [0.717, 1.165) is 16.8 Å². The maximum Gasteiger partial charge on any atom is 0.286 e. The summed E-state index contributed by atoms with van der Waals surface area (Å²) in [5.74, 6) is -0.725. The molecule has 15 heavy (non-hydrogen) atoms. The van der Waals surface area contributed by atoms with Gasteiger partial charge >= 0.3 is 0 Å². The lowest BCUT2D eigenvalue weighted by atomic mass is 10.3. The van der Waals surface area contributed by atoms with E-state index in [9.17, 15) is 19.7 Å². The van der Waals surface area contributed by atoms with Crippen molar-refractivity contribution >= 4 is 11.6 Å². The fourth-order valence-electron chi connectivity index (χ4n) is 1.15. The van der Waals surface area contributed by atoms with Crippen molar-refractivity contribution in [1.82, 2.24) is 4.57 Å². The highest BCUT2D eigenvalue weighted by molar-refractivity contribution is 5.73. The van der Waals surface area contributed by atoms with Crippen LogP contribution in [0.15, 0.2) is 17.1 Å². The maximum absolute atomic E-state index is 11.4. The Labute approximate surface area is 84.3 Å². The fraction of sp³-hybridized carbons (Fsp3) is 0.250. The van der Waals surface area contributed by atoms with Gasteiger partial charge in [-0.3, -0.25) is 24.3 Å². The monoisotopic (exact) mass is 211 g/mol. The Kier molecular flexibility index (Phi) is 2.84. The van der Waals surface area contributed by atoms with Crippen molar-refractivity contribution in [3.05, 3.63) is 38.3 Å². The molecule has 2 N–H and O–H groups in total. The summed E-state index contributed by atoms with van der Waals surface area (Å²) >= 11 is 0. The summed E-state index contributed by atoms with van der Waals surface area (Å²) in [4.78, 5) is 31.9. The zero-order valence-corrected chi connectivity index (χ0v) is 7.97. The van der Waals surface area contributed by atoms with E-state index >= 15 is 0 Å². The lowest BCUT2D eigenvalue weighted by Crippen LogP contribution is -2.29. The fourth-order valence-corrected chi connectivity index (χ4v) is 1.15. The summed E-state index contributed by atoms with van der Waals surface area (Å²) < 4.78 is 0.926. The average molecular weight is 211 g/mol. The van der Waals surface area contributed by atoms with E-state index in [1.165, 1.54) is 6.92 Å². The summed E-state index contributed by atoms with van der Waals surface area (Å²) in [6, 6.07) is 1.15. The normalized spacial score (nSPS) is 9.93. The van der Waals surface area contributed by atoms with E-state index in [2.05, 4.69) is 0 Å². The first-order valence-corrected chi connectivity index (χ1v) is 4.05. The van der Waals surface area contributed by atoms with E-state index in [1.54, 1.807) is 0 Å². The molecule has 0 bridgehead atoms. The van der Waals surface area contributed by atoms with Crippen molar-refractivity contribution in [2.45, 2.75) is 13.5 Å². The third kappa shape index (κ3) is 2.39. The average Bonchev–Trinajstić information content (AvgIpc) is 2.11. The third-order valence-electron chi connectivity index (χ3n) is 1.79. The topological polar surface area (TPSA) is 108 Å². The van der Waals surface area contributed by atoms with E-state index in [4.69, 9.17) is 5.73 Å². The number of carbonyl (C=O) groups is 1. The molecule has 1 aromatic rings. The molecule has 0 atom stereocenters. The summed E-state index contributed by atoms with van der Waals surface area (Å²) in [7, 11) is 0. The van der Waals surface area contributed by atoms with Gasteiger partial charge in [0.15, 0.2) is 0 Å². The highest BCUT2D eigenvalue weighted by Crippen LogP contribution is 2.09. The van der Waals surface area contributed by atoms with Crippen molar-refractivity contribution in [1.29, 1.82) is 0 Å². The molecular formula is C8H9N3O4. The van der Waals surface area contributed by atoms with Gasteiger partial charge in [0.1, 0.15) is 6.54 Å². The van der Waals surface area contributed by atoms with Crippen LogP contribution in [0.5, 0.6) is 0 Å². The number of hydrogen-bond donors (Lipinski definition) is 1. The maximum atomic E-state index is 11.4. The number of aryl methyl sites for hydroxylation is 1. The van der Waals surface area contributed by atoms with Crippen LogP contribution in [0.1, 0.15) is 5.56 Å². The Bertz CT molecular complexity index is 477. The van der Waals surface area contributed by atoms with Gasteiger partial charge < -0.3 is 5.73 Å². The standard InChI is InChI=1S/C8H9N3O4/c1-5-2-6(11(14)15)3-10(8(5)13)4-7(9)12/h2-3H,4H2,1H3,(H2,9,12). The van der Waals surface area contributed by atoms with Crippen LogP contribution in [0.3, 0.4) is 0 Å². The number of primary amides is 1. The molecule has 0 aliphatic heterocycles. The molecule has 0 fully saturated rings. The largest absolute Gasteiger partial charge is 0.368 e. The Hall–Kier alpha value is -2.18. The minimum absolute atomic E-state index is 0.199. The molecule has 0 aromatic carbocycles. The van der Waals surface area contributed by atoms with Crippen LogP contribution in [0.2, 0.25) is 0 Å². The van der Waals surface area contributed by atoms with Crippen LogP contribution in [-0.2, 0) is 11.3 Å². The molecule has 0 saturated carbocycles. The van der Waals surface area contributed by atoms with Gasteiger partial charge in [-0.05, 0) is 6.92 Å². The van der Waals surface area contributed by atoms with Gasteiger partial charge in [0.05, 0.1) is 11.1 Å². The number of aromatic nitrogens is 1. The number of hydrogen-bond acceptors (Lipinski definition) is 4. The Morgan fingerprint density at radius 1 is 1.67 bits per heavy atom. The summed E-state index contributed by atoms with van der Waals surface area (Å²) in [6.45, 7) is 1.08. The van der Waals surface area contributed by atoms with E-state index in [0.29, 0.717) is 0 Å². The van der Waals surface area contributed by atoms with E-state index < -0.39 is 16.4 Å². The second-order valence-corrected chi connectivity index (χ2v) is 3.04. The van der Waals surface area contributed by atoms with Crippen LogP contribution in [0, 0.1) is 17.0 Å². The van der Waals surface area contributed by atoms with Crippen molar-refractivity contribution in [2.75, 3.05) is 0 Å². The van der Waals surface area contributed by atoms with Crippen LogP contribution in [0.4, 0.5) is 5.69 Å². The molecule has 0 radical (unpaired) electrons. The van der Waals surface area contributed by atoms with Crippen LogP contribution >= 0.6 is 0 Å². The van der Waals surface area contributed by atoms with Gasteiger partial charge in [0.2, 0.25) is 5.91 Å². The number of carbonyl (C=O) groups excluding carboxylic acids is 1. The number of rotatable bonds is 3. The molecule has 0 aliphatic rings. The van der Waals surface area contributed by atoms with Crippen LogP contribution in [-0.4, -0.2) is 15.4 Å². The molecule has 1 rings (SSSR count). The quantitative estimate of drug-likeness (QED) is 0.539. The molecule has 7 heteroatoms. The molecule has 0 unspecified atom stereocenters. The minimum Gasteiger partial charge on any atom is -0.368 e. The zero-order chi connectivity index (χ0) is 11.6. The molecule has 0 saturated heterocycles. The summed E-state index contributed by atoms with van der Waals surface area (Å²) in [5, 5.41) is 10.5. The molecule has 0 aliphatic carbocycles. The third-order valence-corrected chi connectivity index (χ3v) is 1.79. The Morgan fingerprint density at radius 3 is 2.73 bits per heavy atom. The predicted molar refractivity (Wildman–Crippen MR) is 51.3 cm³/mol. The Morgan fingerprint density at radius 2 is 2.27 bits per heavy atom. The van der Waals surface area contributed by atoms with Gasteiger partial charge in [-0.25, -0.2) is 0 Å². The highest BCUT2D eigenvalue weighted by Gasteiger charge is 2.12. The second kappa shape index (κ2) is 3.91. The van der Waals surface area contributed by atoms with E-state index in [1.807, 2.05) is 0 Å². The number of nitrogens with zero attached hydrogens (tertiary/aromatic N) is 2. The van der Waals surface area contributed by atoms with Crippen LogP contribution in [0.25, 0.3) is 0 Å². The number of nitro groups is 1. The molecule has 7 nitrogen and oxygen atoms in total. The van der Waals surface area contributed by atoms with Crippen molar-refractivity contribution in [2.24, 2.45) is 5.73 Å². The Balaban J connectivity index is 3.31. The highest BCUT2D eigenvalue weighted by atomic mass is 16.6. The van der Waals surface area contributed by atoms with Gasteiger partial charge in [0, 0.05) is 11.6 Å². The molecule has 0 spiro atoms. The number of pyridine rings is 1. The van der Waals surface area contributed by atoms with Crippen LogP contribution < -0.4 is 11.3 Å². The molecule has 1 amide bonds. The first kappa shape index (κ1) is 10.9. The van der Waals surface area contributed by atoms with E-state index in [-0.39, 0.29) is 17.8 Å². The molecule has 1 aromatic heterocycles. The first-order chi connectivity index (χ1) is 6.91. The van der Waals surface area contributed by atoms with Crippen molar-refractivity contribution < 1.29 is 9.72 Å². The zero-order valence-electron chi connectivity index (χ0n) is 7.97. The molecular weight excluding hydrogens is 202 g/mol. The van der Waals surface area contributed by atoms with Crippen molar-refractivity contribution in [3.63, 3.8) is 0 Å². The first-order valence-electron chi connectivity index (χ1n) is 4.05. The SMILES string of the molecule is Cc1cc([N+](=O)[O-])cn(CC(N)=O)c1=O. The minimum atomic E-state index is -0.725. The predicted octanol–water partition coefficient (Wildman–Crippen LogP) is -0.450. The lowest BCUT2D eigenvalue weighted by molar-refractivity contribution is -0.385. The van der Waals surface area contributed by atoms with Gasteiger partial charge in [-0.15, -0.1) is 0 Å². The second-order valence-electron chi connectivity index (χ2n) is 3.04. The van der Waals surface area contributed by atoms with Crippen molar-refractivity contribution in [3.8, 4) is 0 Å². The smallest absolute Gasteiger partial charge is 0.286 e. The molecule has 1 heterocycles. The van der Waals surface area contributed by atoms with Gasteiger partial charge in [-0.2, -0.15) is 0 Å². The molecule has 80 valence electrons.